The first kappa shape index (κ1) is 16.0. The van der Waals surface area contributed by atoms with Crippen LogP contribution in [0.3, 0.4) is 0 Å². The minimum atomic E-state index is 0.206. The summed E-state index contributed by atoms with van der Waals surface area (Å²) in [6.45, 7) is 5.18. The number of thiophene rings is 1. The van der Waals surface area contributed by atoms with Crippen LogP contribution in [0.4, 0.5) is 0 Å². The summed E-state index contributed by atoms with van der Waals surface area (Å²) in [5.74, 6) is 0.854. The number of benzene rings is 1. The molecule has 1 unspecified atom stereocenters. The maximum atomic E-state index is 5.30. The molecule has 0 amide bonds. The zero-order valence-electron chi connectivity index (χ0n) is 11.7. The minimum absolute atomic E-state index is 0.206. The smallest absolute Gasteiger partial charge is 0.133 e. The molecule has 2 aromatic rings. The van der Waals surface area contributed by atoms with Gasteiger partial charge in [0.2, 0.25) is 0 Å². The molecule has 108 valence electrons. The Kier molecular flexibility index (Phi) is 5.66. The zero-order chi connectivity index (χ0) is 14.7. The van der Waals surface area contributed by atoms with Gasteiger partial charge in [-0.25, -0.2) is 0 Å². The second-order valence-electron chi connectivity index (χ2n) is 4.44. The van der Waals surface area contributed by atoms with Crippen LogP contribution in [0.2, 0.25) is 0 Å². The summed E-state index contributed by atoms with van der Waals surface area (Å²) in [6, 6.07) is 8.64. The highest BCUT2D eigenvalue weighted by atomic mass is 79.9. The number of methoxy groups -OCH3 is 1. The lowest BCUT2D eigenvalue weighted by Crippen LogP contribution is -2.21. The van der Waals surface area contributed by atoms with Gasteiger partial charge in [-0.05, 0) is 69.1 Å². The zero-order valence-corrected chi connectivity index (χ0v) is 15.7. The van der Waals surface area contributed by atoms with Crippen molar-refractivity contribution in [2.75, 3.05) is 13.7 Å². The van der Waals surface area contributed by atoms with Crippen LogP contribution in [0.15, 0.2) is 33.2 Å². The third-order valence-electron chi connectivity index (χ3n) is 3.08. The molecule has 0 bridgehead atoms. The lowest BCUT2D eigenvalue weighted by molar-refractivity contribution is 0.412. The first-order valence-electron chi connectivity index (χ1n) is 6.39. The summed E-state index contributed by atoms with van der Waals surface area (Å²) >= 11 is 8.98. The fraction of sp³-hybridized carbons (Fsp3) is 0.333. The van der Waals surface area contributed by atoms with Gasteiger partial charge in [0, 0.05) is 14.2 Å². The lowest BCUT2D eigenvalue weighted by atomic mass is 10.1. The second-order valence-corrected chi connectivity index (χ2v) is 7.43. The minimum Gasteiger partial charge on any atom is -0.496 e. The van der Waals surface area contributed by atoms with E-state index in [2.05, 4.69) is 69.2 Å². The van der Waals surface area contributed by atoms with Crippen LogP contribution < -0.4 is 10.1 Å². The van der Waals surface area contributed by atoms with Crippen LogP contribution in [-0.4, -0.2) is 13.7 Å². The Morgan fingerprint density at radius 3 is 2.50 bits per heavy atom. The summed E-state index contributed by atoms with van der Waals surface area (Å²) in [7, 11) is 1.68. The lowest BCUT2D eigenvalue weighted by Gasteiger charge is -2.18. The first-order valence-corrected chi connectivity index (χ1v) is 8.79. The monoisotopic (exact) mass is 417 g/mol. The van der Waals surface area contributed by atoms with Gasteiger partial charge in [-0.2, -0.15) is 0 Å². The summed E-state index contributed by atoms with van der Waals surface area (Å²) in [5, 5.41) is 3.55. The molecule has 0 aliphatic rings. The average Bonchev–Trinajstić information content (AvgIpc) is 2.75. The predicted octanol–water partition coefficient (Wildman–Crippen LogP) is 5.29. The molecule has 2 nitrogen and oxygen atoms in total. The molecule has 20 heavy (non-hydrogen) atoms. The Balaban J connectivity index is 2.40. The number of hydrogen-bond donors (Lipinski definition) is 1. The van der Waals surface area contributed by atoms with Crippen LogP contribution in [0.1, 0.15) is 28.3 Å². The molecule has 1 N–H and O–H groups in total. The molecule has 0 spiro atoms. The third-order valence-corrected chi connectivity index (χ3v) is 5.90. The normalized spacial score (nSPS) is 12.4. The average molecular weight is 419 g/mol. The number of aryl methyl sites for hydroxylation is 1. The number of hydrogen-bond acceptors (Lipinski definition) is 3. The molecule has 0 saturated heterocycles. The molecule has 1 aromatic heterocycles. The molecule has 0 radical (unpaired) electrons. The molecule has 0 aliphatic heterocycles. The van der Waals surface area contributed by atoms with E-state index >= 15 is 0 Å². The highest BCUT2D eigenvalue weighted by molar-refractivity contribution is 9.10. The van der Waals surface area contributed by atoms with Crippen molar-refractivity contribution < 1.29 is 4.74 Å². The van der Waals surface area contributed by atoms with E-state index < -0.39 is 0 Å². The second kappa shape index (κ2) is 7.07. The van der Waals surface area contributed by atoms with Crippen molar-refractivity contribution in [3.05, 3.63) is 48.5 Å². The quantitative estimate of drug-likeness (QED) is 0.712. The van der Waals surface area contributed by atoms with Gasteiger partial charge in [0.05, 0.1) is 17.6 Å². The van der Waals surface area contributed by atoms with E-state index in [1.165, 1.54) is 19.8 Å². The van der Waals surface area contributed by atoms with Gasteiger partial charge >= 0.3 is 0 Å². The van der Waals surface area contributed by atoms with E-state index in [4.69, 9.17) is 4.74 Å². The Morgan fingerprint density at radius 2 is 2.00 bits per heavy atom. The molecule has 1 aromatic carbocycles. The van der Waals surface area contributed by atoms with Crippen molar-refractivity contribution in [1.82, 2.24) is 5.32 Å². The molecule has 1 atom stereocenters. The van der Waals surface area contributed by atoms with E-state index in [9.17, 15) is 0 Å². The summed E-state index contributed by atoms with van der Waals surface area (Å²) in [6.07, 6.45) is 0. The van der Waals surface area contributed by atoms with Crippen molar-refractivity contribution in [1.29, 1.82) is 0 Å². The summed E-state index contributed by atoms with van der Waals surface area (Å²) < 4.78 is 7.45. The summed E-state index contributed by atoms with van der Waals surface area (Å²) in [5.41, 5.74) is 1.23. The fourth-order valence-electron chi connectivity index (χ4n) is 2.07. The molecule has 0 aliphatic carbocycles. The maximum absolute atomic E-state index is 5.30. The van der Waals surface area contributed by atoms with E-state index in [0.717, 1.165) is 16.8 Å². The number of ether oxygens (including phenoxy) is 1. The van der Waals surface area contributed by atoms with Gasteiger partial charge in [-0.15, -0.1) is 11.3 Å². The Hall–Kier alpha value is -0.360. The van der Waals surface area contributed by atoms with Crippen LogP contribution in [0.5, 0.6) is 5.75 Å². The van der Waals surface area contributed by atoms with Crippen molar-refractivity contribution in [3.8, 4) is 5.75 Å². The van der Waals surface area contributed by atoms with Crippen LogP contribution in [-0.2, 0) is 0 Å². The van der Waals surface area contributed by atoms with Gasteiger partial charge in [0.15, 0.2) is 0 Å². The van der Waals surface area contributed by atoms with Gasteiger partial charge in [0.25, 0.3) is 0 Å². The van der Waals surface area contributed by atoms with E-state index in [1.807, 2.05) is 17.4 Å². The highest BCUT2D eigenvalue weighted by Gasteiger charge is 2.17. The van der Waals surface area contributed by atoms with Crippen molar-refractivity contribution in [2.45, 2.75) is 19.9 Å². The SMILES string of the molecule is CCNC(c1ccc(OC)c(Br)c1)c1cc(Br)c(C)s1. The van der Waals surface area contributed by atoms with E-state index in [-0.39, 0.29) is 6.04 Å². The number of halogens is 2. The van der Waals surface area contributed by atoms with Crippen molar-refractivity contribution in [2.24, 2.45) is 0 Å². The molecule has 5 heteroatoms. The van der Waals surface area contributed by atoms with Crippen molar-refractivity contribution >= 4 is 43.2 Å². The Morgan fingerprint density at radius 1 is 1.25 bits per heavy atom. The Labute approximate surface area is 140 Å². The molecular weight excluding hydrogens is 402 g/mol. The molecular formula is C15H17Br2NOS. The van der Waals surface area contributed by atoms with Crippen LogP contribution >= 0.6 is 43.2 Å². The largest absolute Gasteiger partial charge is 0.496 e. The van der Waals surface area contributed by atoms with E-state index in [0.29, 0.717) is 0 Å². The molecule has 0 fully saturated rings. The predicted molar refractivity (Wildman–Crippen MR) is 93.0 cm³/mol. The van der Waals surface area contributed by atoms with Gasteiger partial charge < -0.3 is 10.1 Å². The number of rotatable bonds is 5. The maximum Gasteiger partial charge on any atom is 0.133 e. The first-order chi connectivity index (χ1) is 9.56. The standard InChI is InChI=1S/C15H17Br2NOS/c1-4-18-15(14-8-11(16)9(2)20-14)10-5-6-13(19-3)12(17)7-10/h5-8,15,18H,4H2,1-3H3. The molecule has 2 rings (SSSR count). The fourth-order valence-corrected chi connectivity index (χ4v) is 4.30. The van der Waals surface area contributed by atoms with Gasteiger partial charge in [0.1, 0.15) is 5.75 Å². The highest BCUT2D eigenvalue weighted by Crippen LogP contribution is 2.36. The topological polar surface area (TPSA) is 21.3 Å². The summed E-state index contributed by atoms with van der Waals surface area (Å²) in [4.78, 5) is 2.61. The van der Waals surface area contributed by atoms with Crippen molar-refractivity contribution in [3.63, 3.8) is 0 Å². The van der Waals surface area contributed by atoms with Crippen LogP contribution in [0, 0.1) is 6.92 Å². The molecule has 1 heterocycles. The van der Waals surface area contributed by atoms with E-state index in [1.54, 1.807) is 7.11 Å². The number of nitrogens with one attached hydrogen (secondary N) is 1. The third kappa shape index (κ3) is 3.45. The Bertz CT molecular complexity index is 578. The van der Waals surface area contributed by atoms with Gasteiger partial charge in [-0.3, -0.25) is 0 Å². The van der Waals surface area contributed by atoms with Gasteiger partial charge in [-0.1, -0.05) is 13.0 Å². The molecule has 0 saturated carbocycles. The van der Waals surface area contributed by atoms with Crippen LogP contribution in [0.25, 0.3) is 0 Å².